The highest BCUT2D eigenvalue weighted by Gasteiger charge is 2.34. The predicted octanol–water partition coefficient (Wildman–Crippen LogP) is 3.58. The monoisotopic (exact) mass is 489 g/mol. The summed E-state index contributed by atoms with van der Waals surface area (Å²) >= 11 is 0. The second-order valence-electron chi connectivity index (χ2n) is 8.28. The summed E-state index contributed by atoms with van der Waals surface area (Å²) in [5.41, 5.74) is 6.73. The van der Waals surface area contributed by atoms with Gasteiger partial charge < -0.3 is 10.4 Å². The van der Waals surface area contributed by atoms with E-state index in [-0.39, 0.29) is 10.9 Å². The number of benzene rings is 3. The normalized spacial score (nSPS) is 17.5. The van der Waals surface area contributed by atoms with E-state index in [0.29, 0.717) is 24.2 Å². The van der Waals surface area contributed by atoms with Crippen molar-refractivity contribution in [3.63, 3.8) is 0 Å². The Hall–Kier alpha value is -3.71. The van der Waals surface area contributed by atoms with Crippen LogP contribution in [0.3, 0.4) is 0 Å². The maximum absolute atomic E-state index is 13.0. The van der Waals surface area contributed by atoms with E-state index in [1.165, 1.54) is 0 Å². The van der Waals surface area contributed by atoms with E-state index < -0.39 is 22.2 Å². The first-order chi connectivity index (χ1) is 16.9. The molecule has 0 saturated carbocycles. The predicted molar refractivity (Wildman–Crippen MR) is 136 cm³/mol. The van der Waals surface area contributed by atoms with Crippen molar-refractivity contribution in [3.8, 4) is 0 Å². The van der Waals surface area contributed by atoms with E-state index >= 15 is 0 Å². The highest BCUT2D eigenvalue weighted by Crippen LogP contribution is 2.34. The van der Waals surface area contributed by atoms with Crippen LogP contribution in [0.25, 0.3) is 4.95 Å². The van der Waals surface area contributed by atoms with Gasteiger partial charge in [-0.2, -0.15) is 11.5 Å². The molecule has 0 aliphatic heterocycles. The van der Waals surface area contributed by atoms with Crippen LogP contribution in [0.1, 0.15) is 35.2 Å². The molecule has 35 heavy (non-hydrogen) atoms. The van der Waals surface area contributed by atoms with Gasteiger partial charge in [-0.25, -0.2) is 18.1 Å². The second-order valence-corrected chi connectivity index (χ2v) is 9.99. The smallest absolute Gasteiger partial charge is 0.267 e. The SMILES string of the molecule is [C-]#[N+]NC(=NCc1ccccc1)Nc1ccc2c(c1)[C@@H](NS(=O)(=O)c1ccc(CC)cc1)[C@@H](O)C2. The number of rotatable bonds is 7. The third kappa shape index (κ3) is 5.87. The fourth-order valence-electron chi connectivity index (χ4n) is 4.03. The van der Waals surface area contributed by atoms with Gasteiger partial charge in [0.2, 0.25) is 10.0 Å². The Balaban J connectivity index is 1.54. The summed E-state index contributed by atoms with van der Waals surface area (Å²) in [6, 6.07) is 21.0. The molecule has 2 atom stereocenters. The lowest BCUT2D eigenvalue weighted by Crippen LogP contribution is -2.34. The molecule has 9 heteroatoms. The summed E-state index contributed by atoms with van der Waals surface area (Å²) in [7, 11) is -3.83. The summed E-state index contributed by atoms with van der Waals surface area (Å²) in [5, 5.41) is 13.7. The van der Waals surface area contributed by atoms with Crippen LogP contribution in [0.4, 0.5) is 5.69 Å². The van der Waals surface area contributed by atoms with E-state index in [1.807, 2.05) is 49.4 Å². The van der Waals surface area contributed by atoms with Crippen molar-refractivity contribution in [3.05, 3.63) is 107 Å². The lowest BCUT2D eigenvalue weighted by Gasteiger charge is -2.19. The van der Waals surface area contributed by atoms with Crippen LogP contribution in [-0.4, -0.2) is 25.6 Å². The van der Waals surface area contributed by atoms with E-state index in [0.717, 1.165) is 23.1 Å². The van der Waals surface area contributed by atoms with Gasteiger partial charge in [0.15, 0.2) is 0 Å². The van der Waals surface area contributed by atoms with Gasteiger partial charge in [-0.1, -0.05) is 60.9 Å². The van der Waals surface area contributed by atoms with E-state index in [1.54, 1.807) is 30.3 Å². The minimum atomic E-state index is -3.83. The molecule has 4 N–H and O–H groups in total. The number of nitrogens with zero attached hydrogens (tertiary/aromatic N) is 2. The van der Waals surface area contributed by atoms with Crippen molar-refractivity contribution in [1.29, 1.82) is 0 Å². The molecule has 0 bridgehead atoms. The minimum Gasteiger partial charge on any atom is -0.391 e. The van der Waals surface area contributed by atoms with Gasteiger partial charge in [0.05, 0.1) is 23.6 Å². The van der Waals surface area contributed by atoms with Crippen molar-refractivity contribution in [2.45, 2.75) is 43.4 Å². The summed E-state index contributed by atoms with van der Waals surface area (Å²) in [6.45, 7) is 9.54. The van der Waals surface area contributed by atoms with Gasteiger partial charge in [-0.3, -0.25) is 0 Å². The van der Waals surface area contributed by atoms with Crippen molar-refractivity contribution in [1.82, 2.24) is 10.1 Å². The zero-order valence-electron chi connectivity index (χ0n) is 19.3. The Labute approximate surface area is 205 Å². The number of anilines is 1. The van der Waals surface area contributed by atoms with Crippen LogP contribution in [0.15, 0.2) is 82.7 Å². The largest absolute Gasteiger partial charge is 0.391 e. The molecule has 4 rings (SSSR count). The molecular formula is C26H27N5O3S. The molecule has 3 aromatic carbocycles. The molecule has 0 aromatic heterocycles. The Bertz CT molecular complexity index is 1350. The van der Waals surface area contributed by atoms with Crippen molar-refractivity contribution in [2.75, 3.05) is 5.32 Å². The van der Waals surface area contributed by atoms with Crippen LogP contribution >= 0.6 is 0 Å². The topological polar surface area (TPSA) is 107 Å². The van der Waals surface area contributed by atoms with Gasteiger partial charge in [0.25, 0.3) is 5.96 Å². The van der Waals surface area contributed by atoms with E-state index in [2.05, 4.69) is 25.4 Å². The van der Waals surface area contributed by atoms with E-state index in [4.69, 9.17) is 6.57 Å². The molecule has 0 unspecified atom stereocenters. The van der Waals surface area contributed by atoms with Crippen LogP contribution in [0, 0.1) is 6.57 Å². The van der Waals surface area contributed by atoms with Crippen LogP contribution < -0.4 is 15.5 Å². The molecule has 0 fully saturated rings. The maximum Gasteiger partial charge on any atom is 0.267 e. The summed E-state index contributed by atoms with van der Waals surface area (Å²) < 4.78 is 28.7. The Morgan fingerprint density at radius 2 is 1.83 bits per heavy atom. The fourth-order valence-corrected chi connectivity index (χ4v) is 5.28. The van der Waals surface area contributed by atoms with Gasteiger partial charge in [0, 0.05) is 12.1 Å². The molecule has 1 aliphatic carbocycles. The maximum atomic E-state index is 13.0. The van der Waals surface area contributed by atoms with Gasteiger partial charge in [-0.15, -0.1) is 0 Å². The number of hydrogen-bond donors (Lipinski definition) is 4. The average molecular weight is 490 g/mol. The minimum absolute atomic E-state index is 0.154. The Morgan fingerprint density at radius 3 is 2.51 bits per heavy atom. The number of sulfonamides is 1. The van der Waals surface area contributed by atoms with Gasteiger partial charge in [-0.05, 0) is 52.9 Å². The number of nitrogens with one attached hydrogen (secondary N) is 3. The number of aliphatic imine (C=N–C) groups is 1. The van der Waals surface area contributed by atoms with Crippen LogP contribution in [-0.2, 0) is 29.4 Å². The van der Waals surface area contributed by atoms with Crippen LogP contribution in [0.5, 0.6) is 0 Å². The molecule has 0 saturated heterocycles. The zero-order valence-corrected chi connectivity index (χ0v) is 20.1. The molecule has 0 spiro atoms. The number of fused-ring (bicyclic) bond motifs is 1. The molecule has 0 radical (unpaired) electrons. The summed E-state index contributed by atoms with van der Waals surface area (Å²) in [6.07, 6.45) is 0.266. The number of aliphatic hydroxyl groups excluding tert-OH is 1. The first kappa shape index (κ1) is 24.4. The zero-order chi connectivity index (χ0) is 24.8. The number of aryl methyl sites for hydroxylation is 1. The van der Waals surface area contributed by atoms with Crippen molar-refractivity contribution in [2.24, 2.45) is 4.99 Å². The molecule has 0 amide bonds. The van der Waals surface area contributed by atoms with Crippen molar-refractivity contribution >= 4 is 21.7 Å². The highest BCUT2D eigenvalue weighted by molar-refractivity contribution is 7.89. The van der Waals surface area contributed by atoms with Crippen molar-refractivity contribution < 1.29 is 13.5 Å². The quantitative estimate of drug-likeness (QED) is 0.176. The third-order valence-electron chi connectivity index (χ3n) is 5.91. The highest BCUT2D eigenvalue weighted by atomic mass is 32.2. The summed E-state index contributed by atoms with van der Waals surface area (Å²) in [5.74, 6) is 0.274. The first-order valence-corrected chi connectivity index (χ1v) is 12.8. The molecule has 1 aliphatic rings. The van der Waals surface area contributed by atoms with Crippen LogP contribution in [0.2, 0.25) is 0 Å². The Morgan fingerprint density at radius 1 is 1.09 bits per heavy atom. The molecule has 180 valence electrons. The molecule has 0 heterocycles. The Kier molecular flexibility index (Phi) is 7.46. The third-order valence-corrected chi connectivity index (χ3v) is 7.36. The fraction of sp³-hybridized carbons (Fsp3) is 0.231. The van der Waals surface area contributed by atoms with E-state index in [9.17, 15) is 13.5 Å². The summed E-state index contributed by atoms with van der Waals surface area (Å²) in [4.78, 5) is 7.81. The second kappa shape index (κ2) is 10.7. The number of hydrogen-bond acceptors (Lipinski definition) is 4. The van der Waals surface area contributed by atoms with Gasteiger partial charge >= 0.3 is 0 Å². The lowest BCUT2D eigenvalue weighted by atomic mass is 10.1. The lowest BCUT2D eigenvalue weighted by molar-refractivity contribution is 0.151. The number of guanidine groups is 1. The molecule has 3 aromatic rings. The molecule has 8 nitrogen and oxygen atoms in total. The average Bonchev–Trinajstić information content (AvgIpc) is 3.17. The standard InChI is InChI=1S/C26H27N5O3S/c1-3-18-9-13-22(14-10-18)35(33,34)31-25-23-16-21(12-11-20(23)15-24(25)32)29-26(30-27-2)28-17-19-7-5-4-6-8-19/h4-14,16,24-25,31-32H,3,15,17H2,1H3,(H2,28,29,30)/t24-,25+/m0/s1. The number of aliphatic hydroxyl groups is 1. The van der Waals surface area contributed by atoms with Gasteiger partial charge in [0.1, 0.15) is 0 Å². The molecular weight excluding hydrogens is 462 g/mol. The first-order valence-electron chi connectivity index (χ1n) is 11.3.